The van der Waals surface area contributed by atoms with E-state index in [4.69, 9.17) is 10.5 Å². The van der Waals surface area contributed by atoms with Gasteiger partial charge < -0.3 is 26.2 Å². The number of nitrogens with one attached hydrogen (secondary N) is 2. The van der Waals surface area contributed by atoms with Crippen LogP contribution in [0.1, 0.15) is 23.7 Å². The molecule has 0 saturated heterocycles. The van der Waals surface area contributed by atoms with Gasteiger partial charge in [0.05, 0.1) is 24.1 Å². The molecule has 0 fully saturated rings. The molecule has 0 aliphatic heterocycles. The number of anilines is 2. The highest BCUT2D eigenvalue weighted by Gasteiger charge is 2.19. The minimum absolute atomic E-state index is 0.00388. The summed E-state index contributed by atoms with van der Waals surface area (Å²) in [6.07, 6.45) is -0.375. The molecule has 9 heteroatoms. The Labute approximate surface area is 175 Å². The van der Waals surface area contributed by atoms with Crippen molar-refractivity contribution in [3.63, 3.8) is 0 Å². The first-order valence-corrected chi connectivity index (χ1v) is 9.76. The van der Waals surface area contributed by atoms with Gasteiger partial charge in [0.25, 0.3) is 5.91 Å². The van der Waals surface area contributed by atoms with Gasteiger partial charge in [0.2, 0.25) is 0 Å². The fourth-order valence-electron chi connectivity index (χ4n) is 2.50. The van der Waals surface area contributed by atoms with Gasteiger partial charge in [0, 0.05) is 22.6 Å². The van der Waals surface area contributed by atoms with Crippen LogP contribution in [0.5, 0.6) is 5.75 Å². The van der Waals surface area contributed by atoms with Crippen molar-refractivity contribution in [1.82, 2.24) is 5.32 Å². The first-order valence-electron chi connectivity index (χ1n) is 8.68. The van der Waals surface area contributed by atoms with Gasteiger partial charge in [-0.15, -0.1) is 0 Å². The van der Waals surface area contributed by atoms with Gasteiger partial charge in [-0.1, -0.05) is 6.92 Å². The first-order chi connectivity index (χ1) is 13.3. The molecule has 0 heterocycles. The number of carbonyl (C=O) groups excluding carboxylic acids is 1. The monoisotopic (exact) mass is 505 g/mol. The number of aliphatic hydroxyl groups excluding tert-OH is 1. The number of amides is 1. The largest absolute Gasteiger partial charge is 0.492 e. The van der Waals surface area contributed by atoms with Crippen LogP contribution in [-0.4, -0.2) is 36.8 Å². The summed E-state index contributed by atoms with van der Waals surface area (Å²) >= 11 is 1.96. The van der Waals surface area contributed by atoms with Crippen molar-refractivity contribution in [3.05, 3.63) is 51.1 Å². The van der Waals surface area contributed by atoms with E-state index in [2.05, 4.69) is 10.6 Å². The lowest BCUT2D eigenvalue weighted by Gasteiger charge is -2.17. The molecule has 0 spiro atoms. The molecule has 0 bridgehead atoms. The number of primary amides is 1. The molecule has 2 aromatic carbocycles. The number of hydrogen-bond donors (Lipinski definition) is 4. The van der Waals surface area contributed by atoms with Gasteiger partial charge in [0.1, 0.15) is 22.9 Å². The van der Waals surface area contributed by atoms with Gasteiger partial charge >= 0.3 is 0 Å². The minimum atomic E-state index is -0.850. The summed E-state index contributed by atoms with van der Waals surface area (Å²) in [5, 5.41) is 15.5. The molecule has 152 valence electrons. The highest BCUT2D eigenvalue weighted by molar-refractivity contribution is 14.1. The molecule has 1 amide bonds. The number of aliphatic hydroxyl groups is 1. The minimum Gasteiger partial charge on any atom is -0.492 e. The summed E-state index contributed by atoms with van der Waals surface area (Å²) in [7, 11) is 0. The van der Waals surface area contributed by atoms with E-state index in [9.17, 15) is 18.7 Å². The number of likely N-dealkylation sites (N-methyl/N-ethyl adjacent to an activating group) is 1. The predicted octanol–water partition coefficient (Wildman–Crippen LogP) is 3.15. The van der Waals surface area contributed by atoms with E-state index in [1.165, 1.54) is 12.1 Å². The van der Waals surface area contributed by atoms with Crippen LogP contribution >= 0.6 is 22.6 Å². The Morgan fingerprint density at radius 1 is 1.29 bits per heavy atom. The van der Waals surface area contributed by atoms with Crippen molar-refractivity contribution >= 4 is 39.9 Å². The normalized spacial score (nSPS) is 11.9. The van der Waals surface area contributed by atoms with Crippen LogP contribution in [0.3, 0.4) is 0 Å². The van der Waals surface area contributed by atoms with E-state index in [0.29, 0.717) is 10.1 Å². The zero-order chi connectivity index (χ0) is 20.7. The second-order valence-corrected chi connectivity index (χ2v) is 7.28. The maximum atomic E-state index is 14.1. The standard InChI is InChI=1S/C19H22F2IN3O3/c1-2-24-10-13(26)5-6-28-17-8-11(20)7-16(18(17)19(23)27)25-15-4-3-12(22)9-14(15)21/h3-4,7-9,13,24-26H,2,5-6,10H2,1H3,(H2,23,27)/t13-/m1/s1. The summed E-state index contributed by atoms with van der Waals surface area (Å²) in [5.41, 5.74) is 5.41. The van der Waals surface area contributed by atoms with Crippen LogP contribution < -0.4 is 21.1 Å². The molecule has 1 atom stereocenters. The third kappa shape index (κ3) is 6.28. The molecule has 5 N–H and O–H groups in total. The lowest BCUT2D eigenvalue weighted by molar-refractivity contribution is 0.0995. The Morgan fingerprint density at radius 3 is 2.68 bits per heavy atom. The van der Waals surface area contributed by atoms with Crippen LogP contribution in [0, 0.1) is 15.2 Å². The topological polar surface area (TPSA) is 96.6 Å². The number of benzene rings is 2. The quantitative estimate of drug-likeness (QED) is 0.373. The lowest BCUT2D eigenvalue weighted by Crippen LogP contribution is -2.28. The number of rotatable bonds is 10. The second-order valence-electron chi connectivity index (χ2n) is 6.04. The van der Waals surface area contributed by atoms with Crippen LogP contribution in [0.15, 0.2) is 30.3 Å². The number of hydrogen-bond acceptors (Lipinski definition) is 5. The third-order valence-corrected chi connectivity index (χ3v) is 4.52. The van der Waals surface area contributed by atoms with Crippen molar-refractivity contribution < 1.29 is 23.4 Å². The van der Waals surface area contributed by atoms with E-state index in [0.717, 1.165) is 18.7 Å². The Hall–Kier alpha value is -1.98. The Bertz CT molecular complexity index is 836. The Balaban J connectivity index is 2.23. The average molecular weight is 505 g/mol. The molecule has 0 aromatic heterocycles. The summed E-state index contributed by atoms with van der Waals surface area (Å²) in [5.74, 6) is -2.16. The maximum Gasteiger partial charge on any atom is 0.254 e. The summed E-state index contributed by atoms with van der Waals surface area (Å²) in [6, 6.07) is 6.52. The van der Waals surface area contributed by atoms with Crippen molar-refractivity contribution in [3.8, 4) is 5.75 Å². The number of nitrogens with two attached hydrogens (primary N) is 1. The van der Waals surface area contributed by atoms with Crippen LogP contribution in [0.25, 0.3) is 0 Å². The van der Waals surface area contributed by atoms with Crippen molar-refractivity contribution in [2.24, 2.45) is 5.73 Å². The molecule has 0 saturated carbocycles. The van der Waals surface area contributed by atoms with Gasteiger partial charge in [-0.25, -0.2) is 8.78 Å². The highest BCUT2D eigenvalue weighted by Crippen LogP contribution is 2.31. The van der Waals surface area contributed by atoms with E-state index in [1.807, 2.05) is 29.5 Å². The third-order valence-electron chi connectivity index (χ3n) is 3.85. The first kappa shape index (κ1) is 22.3. The molecule has 0 aliphatic carbocycles. The van der Waals surface area contributed by atoms with E-state index >= 15 is 0 Å². The number of halogens is 3. The zero-order valence-electron chi connectivity index (χ0n) is 15.3. The van der Waals surface area contributed by atoms with Crippen LogP contribution in [0.4, 0.5) is 20.2 Å². The van der Waals surface area contributed by atoms with E-state index in [-0.39, 0.29) is 35.7 Å². The number of ether oxygens (including phenoxy) is 1. The Kier molecular flexibility index (Phi) is 8.39. The SMILES string of the molecule is CCNC[C@H](O)CCOc1cc(F)cc(Nc2ccc(I)cc2F)c1C(N)=O. The van der Waals surface area contributed by atoms with Gasteiger partial charge in [-0.3, -0.25) is 4.79 Å². The average Bonchev–Trinajstić information content (AvgIpc) is 2.61. The van der Waals surface area contributed by atoms with Crippen molar-refractivity contribution in [1.29, 1.82) is 0 Å². The molecule has 28 heavy (non-hydrogen) atoms. The molecular weight excluding hydrogens is 483 g/mol. The van der Waals surface area contributed by atoms with Crippen LogP contribution in [-0.2, 0) is 0 Å². The second kappa shape index (κ2) is 10.5. The van der Waals surface area contributed by atoms with Gasteiger partial charge in [-0.2, -0.15) is 0 Å². The smallest absolute Gasteiger partial charge is 0.254 e. The van der Waals surface area contributed by atoms with Crippen molar-refractivity contribution in [2.45, 2.75) is 19.4 Å². The molecule has 0 unspecified atom stereocenters. The summed E-state index contributed by atoms with van der Waals surface area (Å²) < 4.78 is 34.4. The lowest BCUT2D eigenvalue weighted by atomic mass is 10.1. The molecule has 0 radical (unpaired) electrons. The summed E-state index contributed by atoms with van der Waals surface area (Å²) in [4.78, 5) is 11.9. The number of carbonyl (C=O) groups is 1. The molecule has 6 nitrogen and oxygen atoms in total. The molecule has 0 aliphatic rings. The van der Waals surface area contributed by atoms with E-state index in [1.54, 1.807) is 6.07 Å². The fraction of sp³-hybridized carbons (Fsp3) is 0.316. The molecule has 2 rings (SSSR count). The van der Waals surface area contributed by atoms with Gasteiger partial charge in [0.15, 0.2) is 0 Å². The van der Waals surface area contributed by atoms with Crippen LogP contribution in [0.2, 0.25) is 0 Å². The molecule has 2 aromatic rings. The van der Waals surface area contributed by atoms with E-state index < -0.39 is 23.6 Å². The highest BCUT2D eigenvalue weighted by atomic mass is 127. The Morgan fingerprint density at radius 2 is 2.04 bits per heavy atom. The van der Waals surface area contributed by atoms with Crippen molar-refractivity contribution in [2.75, 3.05) is 25.0 Å². The molecular formula is C19H22F2IN3O3. The fourth-order valence-corrected chi connectivity index (χ4v) is 2.96. The maximum absolute atomic E-state index is 14.1. The van der Waals surface area contributed by atoms with Gasteiger partial charge in [-0.05, 0) is 53.4 Å². The summed E-state index contributed by atoms with van der Waals surface area (Å²) in [6.45, 7) is 3.08. The predicted molar refractivity (Wildman–Crippen MR) is 112 cm³/mol. The zero-order valence-corrected chi connectivity index (χ0v) is 17.4.